The van der Waals surface area contributed by atoms with Gasteiger partial charge in [-0.1, -0.05) is 53.5 Å². The second-order valence-corrected chi connectivity index (χ2v) is 8.66. The van der Waals surface area contributed by atoms with E-state index in [0.717, 1.165) is 0 Å². The van der Waals surface area contributed by atoms with Gasteiger partial charge in [-0.25, -0.2) is 0 Å². The SMILES string of the molecule is C[C@@]1(O)CC[C@H]([N+](=O)[O-])[C@H](c2ccc(Cl)cc2Cl)C12C(=O)c1ccccc1C2=O. The monoisotopic (exact) mass is 433 g/mol. The second kappa shape index (κ2) is 6.62. The Morgan fingerprint density at radius 1 is 1.10 bits per heavy atom. The highest BCUT2D eigenvalue weighted by molar-refractivity contribution is 6.35. The molecule has 0 aromatic heterocycles. The molecule has 1 spiro atoms. The third kappa shape index (κ3) is 2.59. The lowest BCUT2D eigenvalue weighted by Gasteiger charge is -2.49. The van der Waals surface area contributed by atoms with Crippen LogP contribution in [0.3, 0.4) is 0 Å². The van der Waals surface area contributed by atoms with Gasteiger partial charge in [0.15, 0.2) is 11.6 Å². The van der Waals surface area contributed by atoms with E-state index >= 15 is 0 Å². The predicted molar refractivity (Wildman–Crippen MR) is 107 cm³/mol. The highest BCUT2D eigenvalue weighted by atomic mass is 35.5. The zero-order chi connectivity index (χ0) is 21.1. The van der Waals surface area contributed by atoms with E-state index in [0.29, 0.717) is 5.02 Å². The van der Waals surface area contributed by atoms with Gasteiger partial charge in [0.2, 0.25) is 6.04 Å². The smallest absolute Gasteiger partial charge is 0.221 e. The summed E-state index contributed by atoms with van der Waals surface area (Å²) in [5, 5.41) is 23.8. The number of hydrogen-bond donors (Lipinski definition) is 1. The molecule has 0 saturated heterocycles. The molecule has 1 fully saturated rings. The summed E-state index contributed by atoms with van der Waals surface area (Å²) in [6.07, 6.45) is -0.0614. The third-order valence-electron chi connectivity index (χ3n) is 6.33. The van der Waals surface area contributed by atoms with Crippen LogP contribution in [0.5, 0.6) is 0 Å². The molecule has 4 rings (SSSR count). The molecule has 0 aliphatic heterocycles. The van der Waals surface area contributed by atoms with Crippen LogP contribution in [-0.2, 0) is 0 Å². The van der Waals surface area contributed by atoms with E-state index in [1.165, 1.54) is 37.3 Å². The van der Waals surface area contributed by atoms with Crippen LogP contribution in [0.25, 0.3) is 0 Å². The number of carbonyl (C=O) groups is 2. The molecule has 2 aromatic rings. The van der Waals surface area contributed by atoms with Crippen molar-refractivity contribution in [2.45, 2.75) is 37.3 Å². The van der Waals surface area contributed by atoms with Gasteiger partial charge in [-0.2, -0.15) is 0 Å². The maximum absolute atomic E-state index is 13.7. The zero-order valence-electron chi connectivity index (χ0n) is 15.4. The standard InChI is InChI=1S/C21H17Cl2NO5/c1-20(27)9-8-16(24(28)29)17(14-7-6-11(22)10-15(14)23)21(20)18(25)12-4-2-3-5-13(12)19(21)26/h2-7,10,16-17,27H,8-9H2,1H3/t16-,17-,20+/m0/s1. The van der Waals surface area contributed by atoms with Gasteiger partial charge in [-0.3, -0.25) is 19.7 Å². The number of aliphatic hydroxyl groups is 1. The molecule has 2 aliphatic rings. The lowest BCUT2D eigenvalue weighted by molar-refractivity contribution is -0.535. The average Bonchev–Trinajstić information content (AvgIpc) is 2.88. The van der Waals surface area contributed by atoms with Crippen molar-refractivity contribution in [3.63, 3.8) is 0 Å². The van der Waals surface area contributed by atoms with Gasteiger partial charge in [-0.15, -0.1) is 0 Å². The Morgan fingerprint density at radius 2 is 1.69 bits per heavy atom. The lowest BCUT2D eigenvalue weighted by Crippen LogP contribution is -2.63. The maximum atomic E-state index is 13.7. The van der Waals surface area contributed by atoms with Crippen molar-refractivity contribution in [2.75, 3.05) is 0 Å². The summed E-state index contributed by atoms with van der Waals surface area (Å²) in [4.78, 5) is 38.8. The number of rotatable bonds is 2. The van der Waals surface area contributed by atoms with Crippen molar-refractivity contribution < 1.29 is 19.6 Å². The Balaban J connectivity index is 2.06. The summed E-state index contributed by atoms with van der Waals surface area (Å²) in [6, 6.07) is 9.42. The van der Waals surface area contributed by atoms with Crippen LogP contribution in [0.4, 0.5) is 0 Å². The first kappa shape index (κ1) is 20.0. The molecule has 0 amide bonds. The van der Waals surface area contributed by atoms with Crippen molar-refractivity contribution in [1.82, 2.24) is 0 Å². The summed E-state index contributed by atoms with van der Waals surface area (Å²) in [6.45, 7) is 1.40. The van der Waals surface area contributed by atoms with Crippen molar-refractivity contribution >= 4 is 34.8 Å². The van der Waals surface area contributed by atoms with Crippen molar-refractivity contribution in [3.8, 4) is 0 Å². The van der Waals surface area contributed by atoms with E-state index in [4.69, 9.17) is 23.2 Å². The summed E-state index contributed by atoms with van der Waals surface area (Å²) in [5.41, 5.74) is -3.24. The number of ketones is 2. The lowest BCUT2D eigenvalue weighted by atomic mass is 9.52. The van der Waals surface area contributed by atoms with Crippen molar-refractivity contribution in [2.24, 2.45) is 5.41 Å². The molecule has 0 bridgehead atoms. The largest absolute Gasteiger partial charge is 0.389 e. The number of nitro groups is 1. The van der Waals surface area contributed by atoms with Crippen LogP contribution >= 0.6 is 23.2 Å². The summed E-state index contributed by atoms with van der Waals surface area (Å²) in [5.74, 6) is -2.45. The molecule has 1 N–H and O–H groups in total. The fourth-order valence-corrected chi connectivity index (χ4v) is 5.54. The number of fused-ring (bicyclic) bond motifs is 1. The first-order valence-electron chi connectivity index (χ1n) is 9.12. The Labute approximate surface area is 176 Å². The molecule has 6 nitrogen and oxygen atoms in total. The molecule has 3 atom stereocenters. The molecule has 1 saturated carbocycles. The topological polar surface area (TPSA) is 97.5 Å². The molecule has 0 radical (unpaired) electrons. The Bertz CT molecular complexity index is 1030. The van der Waals surface area contributed by atoms with E-state index in [2.05, 4.69) is 0 Å². The minimum absolute atomic E-state index is 0.00226. The van der Waals surface area contributed by atoms with Crippen LogP contribution in [0.2, 0.25) is 10.0 Å². The fraction of sp³-hybridized carbons (Fsp3) is 0.333. The molecule has 29 heavy (non-hydrogen) atoms. The first-order chi connectivity index (χ1) is 13.6. The quantitative estimate of drug-likeness (QED) is 0.431. The molecular formula is C21H17Cl2NO5. The van der Waals surface area contributed by atoms with Crippen molar-refractivity contribution in [1.29, 1.82) is 0 Å². The van der Waals surface area contributed by atoms with Crippen LogP contribution in [-0.4, -0.2) is 33.2 Å². The Hall–Kier alpha value is -2.28. The van der Waals surface area contributed by atoms with Gasteiger partial charge in [0.25, 0.3) is 0 Å². The minimum Gasteiger partial charge on any atom is -0.389 e. The first-order valence-corrected chi connectivity index (χ1v) is 9.88. The summed E-state index contributed by atoms with van der Waals surface area (Å²) in [7, 11) is 0. The van der Waals surface area contributed by atoms with Crippen LogP contribution < -0.4 is 0 Å². The predicted octanol–water partition coefficient (Wildman–Crippen LogP) is 4.33. The van der Waals surface area contributed by atoms with Crippen LogP contribution in [0.15, 0.2) is 42.5 Å². The van der Waals surface area contributed by atoms with Gasteiger partial charge in [-0.05, 0) is 31.0 Å². The third-order valence-corrected chi connectivity index (χ3v) is 6.89. The molecule has 8 heteroatoms. The van der Waals surface area contributed by atoms with Crippen molar-refractivity contribution in [3.05, 3.63) is 79.3 Å². The average molecular weight is 434 g/mol. The van der Waals surface area contributed by atoms with E-state index in [-0.39, 0.29) is 34.6 Å². The highest BCUT2D eigenvalue weighted by Gasteiger charge is 2.72. The van der Waals surface area contributed by atoms with Gasteiger partial charge >= 0.3 is 0 Å². The van der Waals surface area contributed by atoms with Crippen LogP contribution in [0.1, 0.15) is 52.0 Å². The van der Waals surface area contributed by atoms with E-state index in [1.807, 2.05) is 0 Å². The van der Waals surface area contributed by atoms with Crippen LogP contribution in [0, 0.1) is 15.5 Å². The molecule has 2 aliphatic carbocycles. The minimum atomic E-state index is -2.04. The number of nitrogens with zero attached hydrogens (tertiary/aromatic N) is 1. The molecule has 0 heterocycles. The normalized spacial score (nSPS) is 27.9. The molecule has 2 aromatic carbocycles. The fourth-order valence-electron chi connectivity index (χ4n) is 5.02. The number of benzene rings is 2. The molecule has 0 unspecified atom stereocenters. The summed E-state index contributed by atoms with van der Waals surface area (Å²) >= 11 is 12.4. The van der Waals surface area contributed by atoms with Gasteiger partial charge in [0.05, 0.1) is 11.5 Å². The number of hydrogen-bond acceptors (Lipinski definition) is 5. The molecular weight excluding hydrogens is 417 g/mol. The number of Topliss-reactive ketones (excluding diaryl/α,β-unsaturated/α-hetero) is 2. The van der Waals surface area contributed by atoms with Gasteiger partial charge in [0, 0.05) is 32.5 Å². The zero-order valence-corrected chi connectivity index (χ0v) is 16.9. The second-order valence-electron chi connectivity index (χ2n) is 7.82. The highest BCUT2D eigenvalue weighted by Crippen LogP contribution is 2.60. The van der Waals surface area contributed by atoms with Gasteiger partial charge < -0.3 is 5.11 Å². The van der Waals surface area contributed by atoms with E-state index < -0.39 is 39.5 Å². The molecule has 150 valence electrons. The number of carbonyl (C=O) groups excluding carboxylic acids is 2. The van der Waals surface area contributed by atoms with E-state index in [1.54, 1.807) is 12.1 Å². The number of halogens is 2. The Morgan fingerprint density at radius 3 is 2.21 bits per heavy atom. The van der Waals surface area contributed by atoms with Gasteiger partial charge in [0.1, 0.15) is 5.41 Å². The van der Waals surface area contributed by atoms with E-state index in [9.17, 15) is 24.8 Å². The maximum Gasteiger partial charge on any atom is 0.221 e. The summed E-state index contributed by atoms with van der Waals surface area (Å²) < 4.78 is 0. The Kier molecular flexibility index (Phi) is 4.57.